The molecule has 0 saturated carbocycles. The van der Waals surface area contributed by atoms with Gasteiger partial charge in [0, 0.05) is 29.7 Å². The van der Waals surface area contributed by atoms with Crippen LogP contribution in [0.4, 0.5) is 5.69 Å². The number of nitrogens with one attached hydrogen (secondary N) is 1. The zero-order valence-electron chi connectivity index (χ0n) is 17.4. The number of benzene rings is 1. The first-order valence-corrected chi connectivity index (χ1v) is 10.6. The lowest BCUT2D eigenvalue weighted by Gasteiger charge is -2.26. The van der Waals surface area contributed by atoms with Crippen LogP contribution in [0.1, 0.15) is 40.9 Å². The molecule has 1 aliphatic rings. The zero-order valence-corrected chi connectivity index (χ0v) is 18.2. The molecule has 0 unspecified atom stereocenters. The molecule has 2 atom stereocenters. The van der Waals surface area contributed by atoms with Crippen molar-refractivity contribution in [3.63, 3.8) is 0 Å². The van der Waals surface area contributed by atoms with E-state index in [9.17, 15) is 9.59 Å². The highest BCUT2D eigenvalue weighted by Gasteiger charge is 2.38. The van der Waals surface area contributed by atoms with Crippen molar-refractivity contribution in [3.05, 3.63) is 46.3 Å². The van der Waals surface area contributed by atoms with Crippen molar-refractivity contribution in [3.8, 4) is 0 Å². The van der Waals surface area contributed by atoms with E-state index < -0.39 is 6.04 Å². The second-order valence-corrected chi connectivity index (χ2v) is 8.54. The predicted octanol–water partition coefficient (Wildman–Crippen LogP) is 3.30. The minimum Gasteiger partial charge on any atom is -0.324 e. The van der Waals surface area contributed by atoms with Crippen LogP contribution in [-0.2, 0) is 16.6 Å². The van der Waals surface area contributed by atoms with E-state index in [1.165, 1.54) is 5.56 Å². The van der Waals surface area contributed by atoms with Crippen LogP contribution in [0.25, 0.3) is 0 Å². The van der Waals surface area contributed by atoms with Gasteiger partial charge in [0.05, 0.1) is 17.5 Å². The second-order valence-electron chi connectivity index (χ2n) is 7.54. The summed E-state index contributed by atoms with van der Waals surface area (Å²) < 4.78 is 1.80. The molecule has 1 aromatic heterocycles. The fraction of sp³-hybridized carbons (Fsp3) is 0.476. The summed E-state index contributed by atoms with van der Waals surface area (Å²) in [4.78, 5) is 27.8. The smallest absolute Gasteiger partial charge is 0.248 e. The molecule has 2 heterocycles. The summed E-state index contributed by atoms with van der Waals surface area (Å²) in [5, 5.41) is 7.41. The van der Waals surface area contributed by atoms with Gasteiger partial charge in [0.2, 0.25) is 11.8 Å². The third-order valence-corrected chi connectivity index (χ3v) is 6.62. The summed E-state index contributed by atoms with van der Waals surface area (Å²) in [6.07, 6.45) is 0. The Hall–Kier alpha value is -2.28. The highest BCUT2D eigenvalue weighted by Crippen LogP contribution is 2.30. The van der Waals surface area contributed by atoms with E-state index in [1.807, 2.05) is 59.9 Å². The van der Waals surface area contributed by atoms with E-state index in [2.05, 4.69) is 10.4 Å². The van der Waals surface area contributed by atoms with E-state index in [4.69, 9.17) is 0 Å². The van der Waals surface area contributed by atoms with Crippen LogP contribution in [0.2, 0.25) is 0 Å². The summed E-state index contributed by atoms with van der Waals surface area (Å²) in [6, 6.07) is 5.40. The molecule has 0 bridgehead atoms. The van der Waals surface area contributed by atoms with Crippen molar-refractivity contribution < 1.29 is 9.59 Å². The molecular weight excluding hydrogens is 372 g/mol. The summed E-state index contributed by atoms with van der Waals surface area (Å²) in [5.41, 5.74) is 5.89. The lowest BCUT2D eigenvalue weighted by Crippen LogP contribution is -2.46. The normalized spacial score (nSPS) is 17.6. The van der Waals surface area contributed by atoms with Crippen LogP contribution in [0.15, 0.2) is 18.2 Å². The van der Waals surface area contributed by atoms with Crippen molar-refractivity contribution in [1.29, 1.82) is 0 Å². The number of hydrogen-bond donors (Lipinski definition) is 1. The maximum atomic E-state index is 13.2. The number of hydrogen-bond acceptors (Lipinski definition) is 4. The van der Waals surface area contributed by atoms with Crippen molar-refractivity contribution in [2.24, 2.45) is 7.05 Å². The molecule has 0 aliphatic carbocycles. The lowest BCUT2D eigenvalue weighted by atomic mass is 9.97. The number of nitrogens with zero attached hydrogens (tertiary/aromatic N) is 3. The maximum Gasteiger partial charge on any atom is 0.248 e. The molecule has 150 valence electrons. The van der Waals surface area contributed by atoms with Gasteiger partial charge in [0.25, 0.3) is 0 Å². The number of carbonyl (C=O) groups is 2. The molecule has 2 amide bonds. The second kappa shape index (κ2) is 7.99. The number of rotatable bonds is 4. The third kappa shape index (κ3) is 3.81. The average molecular weight is 401 g/mol. The van der Waals surface area contributed by atoms with Crippen molar-refractivity contribution in [2.45, 2.75) is 46.6 Å². The van der Waals surface area contributed by atoms with E-state index in [0.717, 1.165) is 28.2 Å². The number of carbonyl (C=O) groups excluding carboxylic acids is 2. The molecule has 3 rings (SSSR count). The van der Waals surface area contributed by atoms with Gasteiger partial charge in [0.15, 0.2) is 0 Å². The summed E-state index contributed by atoms with van der Waals surface area (Å²) in [7, 11) is 1.88. The molecular formula is C21H28N4O2S. The largest absolute Gasteiger partial charge is 0.324 e. The lowest BCUT2D eigenvalue weighted by molar-refractivity contribution is -0.137. The summed E-state index contributed by atoms with van der Waals surface area (Å²) >= 11 is 1.61. The average Bonchev–Trinajstić information content (AvgIpc) is 3.22. The Bertz CT molecular complexity index is 921. The maximum absolute atomic E-state index is 13.2. The van der Waals surface area contributed by atoms with Gasteiger partial charge in [-0.15, -0.1) is 11.8 Å². The Labute approximate surface area is 170 Å². The van der Waals surface area contributed by atoms with Crippen LogP contribution < -0.4 is 5.32 Å². The van der Waals surface area contributed by atoms with Gasteiger partial charge in [-0.3, -0.25) is 14.3 Å². The molecule has 0 radical (unpaired) electrons. The molecule has 2 aromatic rings. The van der Waals surface area contributed by atoms with Gasteiger partial charge in [-0.05, 0) is 57.9 Å². The van der Waals surface area contributed by atoms with Gasteiger partial charge in [-0.1, -0.05) is 6.07 Å². The van der Waals surface area contributed by atoms with Crippen LogP contribution in [0, 0.1) is 27.7 Å². The summed E-state index contributed by atoms with van der Waals surface area (Å²) in [5.74, 6) is 0.661. The third-order valence-electron chi connectivity index (χ3n) is 5.61. The van der Waals surface area contributed by atoms with Gasteiger partial charge in [-0.25, -0.2) is 0 Å². The first-order valence-electron chi connectivity index (χ1n) is 9.47. The Morgan fingerprint density at radius 3 is 2.54 bits per heavy atom. The monoisotopic (exact) mass is 400 g/mol. The van der Waals surface area contributed by atoms with Crippen LogP contribution in [0.3, 0.4) is 0 Å². The number of anilines is 1. The van der Waals surface area contributed by atoms with Crippen LogP contribution in [-0.4, -0.2) is 44.2 Å². The zero-order chi connectivity index (χ0) is 20.6. The topological polar surface area (TPSA) is 67.2 Å². The van der Waals surface area contributed by atoms with Crippen LogP contribution >= 0.6 is 11.8 Å². The van der Waals surface area contributed by atoms with Crippen molar-refractivity contribution >= 4 is 29.3 Å². The number of amides is 2. The van der Waals surface area contributed by atoms with E-state index >= 15 is 0 Å². The van der Waals surface area contributed by atoms with Crippen molar-refractivity contribution in [2.75, 3.05) is 16.9 Å². The SMILES string of the molecule is Cc1ccc(NC(=O)[C@@H]2CSCN2C(=O)[C@H](C)c2c(C)nn(C)c2C)cc1C. The molecule has 1 saturated heterocycles. The molecule has 6 nitrogen and oxygen atoms in total. The molecule has 7 heteroatoms. The highest BCUT2D eigenvalue weighted by molar-refractivity contribution is 7.99. The standard InChI is InChI=1S/C21H28N4O2S/c1-12-7-8-17(9-13(12)2)22-20(26)18-10-28-11-25(18)21(27)14(3)19-15(4)23-24(6)16(19)5/h7-9,14,18H,10-11H2,1-6H3,(H,22,26)/t14-,18+/m1/s1. The Morgan fingerprint density at radius 1 is 1.21 bits per heavy atom. The van der Waals surface area contributed by atoms with E-state index in [0.29, 0.717) is 11.6 Å². The van der Waals surface area contributed by atoms with E-state index in [1.54, 1.807) is 21.3 Å². The van der Waals surface area contributed by atoms with Gasteiger partial charge >= 0.3 is 0 Å². The molecule has 1 fully saturated rings. The fourth-order valence-electron chi connectivity index (χ4n) is 3.71. The van der Waals surface area contributed by atoms with Gasteiger partial charge < -0.3 is 10.2 Å². The van der Waals surface area contributed by atoms with Crippen LogP contribution in [0.5, 0.6) is 0 Å². The predicted molar refractivity (Wildman–Crippen MR) is 114 cm³/mol. The first kappa shape index (κ1) is 20.5. The minimum atomic E-state index is -0.459. The molecule has 1 N–H and O–H groups in total. The minimum absolute atomic E-state index is 0.0237. The Morgan fingerprint density at radius 2 is 1.93 bits per heavy atom. The molecule has 28 heavy (non-hydrogen) atoms. The Kier molecular flexibility index (Phi) is 5.84. The molecule has 1 aromatic carbocycles. The number of aromatic nitrogens is 2. The molecule has 1 aliphatic heterocycles. The first-order chi connectivity index (χ1) is 13.2. The highest BCUT2D eigenvalue weighted by atomic mass is 32.2. The molecule has 0 spiro atoms. The number of aryl methyl sites for hydroxylation is 4. The Balaban J connectivity index is 1.76. The van der Waals surface area contributed by atoms with Crippen molar-refractivity contribution in [1.82, 2.24) is 14.7 Å². The van der Waals surface area contributed by atoms with E-state index in [-0.39, 0.29) is 17.7 Å². The quantitative estimate of drug-likeness (QED) is 0.855. The summed E-state index contributed by atoms with van der Waals surface area (Å²) in [6.45, 7) is 9.86. The van der Waals surface area contributed by atoms with Gasteiger partial charge in [-0.2, -0.15) is 5.10 Å². The number of thioether (sulfide) groups is 1. The fourth-order valence-corrected chi connectivity index (χ4v) is 4.87. The van der Waals surface area contributed by atoms with Gasteiger partial charge in [0.1, 0.15) is 6.04 Å².